The number of fused-ring (bicyclic) bond motifs is 2. The van der Waals surface area contributed by atoms with E-state index in [1.54, 1.807) is 0 Å². The first-order valence-corrected chi connectivity index (χ1v) is 24.9. The summed E-state index contributed by atoms with van der Waals surface area (Å²) >= 11 is 0. The molecule has 404 valence electrons. The number of anilines is 1. The van der Waals surface area contributed by atoms with Crippen molar-refractivity contribution in [3.63, 3.8) is 0 Å². The number of halogens is 4. The van der Waals surface area contributed by atoms with Crippen LogP contribution in [0.25, 0.3) is 0 Å². The van der Waals surface area contributed by atoms with Gasteiger partial charge in [0.05, 0.1) is 18.5 Å². The molecule has 75 heavy (non-hydrogen) atoms. The maximum Gasteiger partial charge on any atom is 0.442 e. The molecular formula is C54H68F3IN10O7. The molecule has 7 N–H and O–H groups in total. The lowest BCUT2D eigenvalue weighted by atomic mass is 9.81. The fourth-order valence-corrected chi connectivity index (χ4v) is 9.62. The van der Waals surface area contributed by atoms with Crippen molar-refractivity contribution in [2.45, 2.75) is 121 Å². The molecule has 0 spiro atoms. The monoisotopic (exact) mass is 1150 g/mol. The van der Waals surface area contributed by atoms with Crippen LogP contribution in [-0.4, -0.2) is 102 Å². The molecule has 0 unspecified atom stereocenters. The van der Waals surface area contributed by atoms with E-state index in [0.29, 0.717) is 32.2 Å². The highest BCUT2D eigenvalue weighted by atomic mass is 127. The third-order valence-corrected chi connectivity index (χ3v) is 13.7. The zero-order chi connectivity index (χ0) is 54.0. The zero-order valence-corrected chi connectivity index (χ0v) is 45.5. The van der Waals surface area contributed by atoms with Crippen molar-refractivity contribution in [3.8, 4) is 0 Å². The van der Waals surface area contributed by atoms with Gasteiger partial charge < -0.3 is 55.5 Å². The highest BCUT2D eigenvalue weighted by molar-refractivity contribution is 6.03. The van der Waals surface area contributed by atoms with E-state index in [0.717, 1.165) is 36.4 Å². The number of unbranched alkanes of at least 4 members (excludes halogenated alkanes) is 2. The SMILES string of the molecule is CC(C)C[C@H](NC(=O)CNC(=O)CNC(=O)[C@H](CCCCNC(=O)CCCCN1/C(=C/C=C/C2=[N+](C)c3ccccc3C2(C)C)C(C)(C)c2ccccc21)NC(=O)c1ccc(C2(C(F)(F)F)N=N2)cc1)C(=O)NO.[I-]. The van der Waals surface area contributed by atoms with Crippen molar-refractivity contribution in [3.05, 3.63) is 119 Å². The highest BCUT2D eigenvalue weighted by Gasteiger charge is 2.65. The maximum absolute atomic E-state index is 13.6. The predicted molar refractivity (Wildman–Crippen MR) is 273 cm³/mol. The van der Waals surface area contributed by atoms with Crippen LogP contribution in [0, 0.1) is 5.92 Å². The van der Waals surface area contributed by atoms with Crippen LogP contribution in [0.1, 0.15) is 114 Å². The van der Waals surface area contributed by atoms with Crippen LogP contribution in [0.5, 0.6) is 0 Å². The molecule has 17 nitrogen and oxygen atoms in total. The average Bonchev–Trinajstić information content (AvgIpc) is 4.13. The summed E-state index contributed by atoms with van der Waals surface area (Å²) < 4.78 is 43.0. The molecular weight excluding hydrogens is 1080 g/mol. The van der Waals surface area contributed by atoms with Crippen LogP contribution in [0.15, 0.2) is 107 Å². The van der Waals surface area contributed by atoms with Crippen LogP contribution in [0.3, 0.4) is 0 Å². The minimum absolute atomic E-state index is 0. The van der Waals surface area contributed by atoms with Gasteiger partial charge in [-0.05, 0) is 88.1 Å². The van der Waals surface area contributed by atoms with Gasteiger partial charge in [0.15, 0.2) is 5.71 Å². The number of benzene rings is 3. The predicted octanol–water partition coefficient (Wildman–Crippen LogP) is 3.64. The normalized spacial score (nSPS) is 16.9. The molecule has 0 saturated heterocycles. The number of para-hydroxylation sites is 2. The number of nitrogens with one attached hydrogen (secondary N) is 6. The first-order chi connectivity index (χ1) is 35.0. The number of alkyl halides is 3. The van der Waals surface area contributed by atoms with E-state index >= 15 is 0 Å². The first kappa shape index (κ1) is 59.4. The standard InChI is InChI=1S/C54H67F3N10O7.HI/c1-34(2)31-40(50(73)63-74)61-47(70)33-59-46(69)32-60-49(72)39(62-48(71)35-25-27-36(28-26-35)53(64-65-53)54(55,56)57)19-12-14-29-58-45(68)24-13-15-30-67-42-21-11-9-18-38(42)52(5,6)44(67)23-16-22-43-51(3,4)37-17-8-10-20-41(37)66(43)7;/h8-11,16-18,20-23,25-28,34,39-40H,12-15,19,24,29-33H2,1-7H3,(H6-,58,59,60,61,62,63,64,65,68,69,70,71,72,73,74);1H/t39-,40-;/m0./s1. The Morgan fingerprint density at radius 3 is 2.04 bits per heavy atom. The van der Waals surface area contributed by atoms with Gasteiger partial charge in [0.1, 0.15) is 19.1 Å². The van der Waals surface area contributed by atoms with E-state index in [1.807, 2.05) is 19.9 Å². The molecule has 0 radical (unpaired) electrons. The third kappa shape index (κ3) is 14.3. The van der Waals surface area contributed by atoms with Crippen molar-refractivity contribution in [1.29, 1.82) is 0 Å². The maximum atomic E-state index is 13.6. The summed E-state index contributed by atoms with van der Waals surface area (Å²) in [6.45, 7) is 12.4. The van der Waals surface area contributed by atoms with Crippen LogP contribution < -0.4 is 60.9 Å². The molecule has 0 bridgehead atoms. The lowest BCUT2D eigenvalue weighted by Crippen LogP contribution is -3.00. The molecule has 3 aromatic carbocycles. The molecule has 3 aliphatic rings. The van der Waals surface area contributed by atoms with Gasteiger partial charge in [0.2, 0.25) is 29.3 Å². The number of allylic oxidation sites excluding steroid dienone is 4. The quantitative estimate of drug-likeness (QED) is 0.0230. The van der Waals surface area contributed by atoms with Gasteiger partial charge in [-0.25, -0.2) is 5.48 Å². The Morgan fingerprint density at radius 1 is 0.747 bits per heavy atom. The molecule has 3 aliphatic heterocycles. The molecule has 0 saturated carbocycles. The number of hydrogen-bond acceptors (Lipinski definition) is 10. The molecule has 6 amide bonds. The van der Waals surface area contributed by atoms with Gasteiger partial charge in [0.25, 0.3) is 11.8 Å². The summed E-state index contributed by atoms with van der Waals surface area (Å²) in [6.07, 6.45) is 4.52. The number of hydrogen-bond donors (Lipinski definition) is 7. The van der Waals surface area contributed by atoms with E-state index in [-0.39, 0.29) is 77.1 Å². The van der Waals surface area contributed by atoms with Crippen molar-refractivity contribution in [2.24, 2.45) is 16.1 Å². The van der Waals surface area contributed by atoms with Crippen LogP contribution in [-0.2, 0) is 40.5 Å². The second kappa shape index (κ2) is 25.4. The summed E-state index contributed by atoms with van der Waals surface area (Å²) in [5.41, 5.74) is 5.34. The van der Waals surface area contributed by atoms with Crippen LogP contribution >= 0.6 is 0 Å². The van der Waals surface area contributed by atoms with Crippen molar-refractivity contribution >= 4 is 52.5 Å². The Labute approximate surface area is 452 Å². The lowest BCUT2D eigenvalue weighted by Gasteiger charge is -2.27. The van der Waals surface area contributed by atoms with Gasteiger partial charge in [-0.2, -0.15) is 17.7 Å². The molecule has 6 rings (SSSR count). The van der Waals surface area contributed by atoms with Crippen LogP contribution in [0.2, 0.25) is 0 Å². The van der Waals surface area contributed by atoms with Gasteiger partial charge in [0, 0.05) is 65.1 Å². The van der Waals surface area contributed by atoms with Gasteiger partial charge >= 0.3 is 11.8 Å². The molecule has 3 heterocycles. The molecule has 3 aromatic rings. The van der Waals surface area contributed by atoms with E-state index in [2.05, 4.69) is 142 Å². The van der Waals surface area contributed by atoms with E-state index in [4.69, 9.17) is 5.21 Å². The van der Waals surface area contributed by atoms with Gasteiger partial charge in [-0.15, -0.1) is 10.2 Å². The molecule has 21 heteroatoms. The highest BCUT2D eigenvalue weighted by Crippen LogP contribution is 2.52. The minimum Gasteiger partial charge on any atom is -1.00 e. The number of carbonyl (C=O) groups excluding carboxylic acids is 6. The minimum atomic E-state index is -4.76. The summed E-state index contributed by atoms with van der Waals surface area (Å²) in [5.74, 6) is -3.99. The summed E-state index contributed by atoms with van der Waals surface area (Å²) in [4.78, 5) is 79.3. The summed E-state index contributed by atoms with van der Waals surface area (Å²) in [6, 6.07) is 19.1. The number of nitrogens with zero attached hydrogens (tertiary/aromatic N) is 4. The van der Waals surface area contributed by atoms with E-state index in [1.165, 1.54) is 33.7 Å². The molecule has 2 atom stereocenters. The largest absolute Gasteiger partial charge is 1.00 e. The number of rotatable bonds is 24. The Balaban J connectivity index is 0.0000104. The fraction of sp³-hybridized carbons (Fsp3) is 0.463. The summed E-state index contributed by atoms with van der Waals surface area (Å²) in [5, 5.41) is 28.1. The van der Waals surface area contributed by atoms with Gasteiger partial charge in [-0.3, -0.25) is 34.0 Å². The zero-order valence-electron chi connectivity index (χ0n) is 43.4. The van der Waals surface area contributed by atoms with Gasteiger partial charge in [-0.1, -0.05) is 82.3 Å². The number of amides is 6. The Bertz CT molecular complexity index is 2710. The second-order valence-electron chi connectivity index (χ2n) is 20.3. The smallest absolute Gasteiger partial charge is 0.442 e. The second-order valence-corrected chi connectivity index (χ2v) is 20.3. The van der Waals surface area contributed by atoms with E-state index < -0.39 is 66.5 Å². The van der Waals surface area contributed by atoms with Crippen molar-refractivity contribution < 1.29 is 75.7 Å². The van der Waals surface area contributed by atoms with Crippen molar-refractivity contribution in [1.82, 2.24) is 32.1 Å². The van der Waals surface area contributed by atoms with Crippen molar-refractivity contribution in [2.75, 3.05) is 38.1 Å². The molecule has 0 fully saturated rings. The number of carbonyl (C=O) groups is 6. The Kier molecular flexibility index (Phi) is 20.1. The fourth-order valence-electron chi connectivity index (χ4n) is 9.62. The number of hydroxylamine groups is 1. The third-order valence-electron chi connectivity index (χ3n) is 13.7. The topological polar surface area (TPSA) is 226 Å². The first-order valence-electron chi connectivity index (χ1n) is 24.9. The van der Waals surface area contributed by atoms with E-state index in [9.17, 15) is 41.9 Å². The molecule has 0 aromatic heterocycles. The Morgan fingerprint density at radius 2 is 1.40 bits per heavy atom. The molecule has 0 aliphatic carbocycles. The average molecular weight is 1150 g/mol. The van der Waals surface area contributed by atoms with Crippen LogP contribution in [0.4, 0.5) is 24.5 Å². The Hall–Kier alpha value is -6.49. The lowest BCUT2D eigenvalue weighted by molar-refractivity contribution is -0.401. The summed E-state index contributed by atoms with van der Waals surface area (Å²) in [7, 11) is 2.10.